The van der Waals surface area contributed by atoms with Crippen LogP contribution in [0.3, 0.4) is 0 Å². The van der Waals surface area contributed by atoms with E-state index in [1.165, 1.54) is 20.8 Å². The van der Waals surface area contributed by atoms with Crippen LogP contribution in [0.5, 0.6) is 0 Å². The third-order valence-electron chi connectivity index (χ3n) is 1.84. The molecule has 0 saturated heterocycles. The molecule has 128 valence electrons. The van der Waals surface area contributed by atoms with Crippen LogP contribution in [0.25, 0.3) is 0 Å². The van der Waals surface area contributed by atoms with Crippen molar-refractivity contribution >= 4 is 28.2 Å². The summed E-state index contributed by atoms with van der Waals surface area (Å²) in [4.78, 5) is 26.6. The fraction of sp³-hybridized carbons (Fsp3) is 0.700. The van der Waals surface area contributed by atoms with E-state index < -0.39 is 45.7 Å². The summed E-state index contributed by atoms with van der Waals surface area (Å²) in [6.07, 6.45) is -1.21. The quantitative estimate of drug-likeness (QED) is 0.328. The Morgan fingerprint density at radius 3 is 2.09 bits per heavy atom. The number of hydrogen-bond donors (Lipinski definition) is 1. The van der Waals surface area contributed by atoms with Crippen molar-refractivity contribution in [2.45, 2.75) is 44.7 Å². The predicted molar refractivity (Wildman–Crippen MR) is 69.6 cm³/mol. The molecular weight excluding hydrogens is 331 g/mol. The summed E-state index contributed by atoms with van der Waals surface area (Å²) in [5, 5.41) is 0.228. The molecular formula is C10H16F3N3O5S. The van der Waals surface area contributed by atoms with E-state index in [0.717, 1.165) is 0 Å². The number of nitrogens with zero attached hydrogens (tertiary/aromatic N) is 2. The number of hydroxylamine groups is 2. The van der Waals surface area contributed by atoms with Crippen LogP contribution in [-0.2, 0) is 24.4 Å². The SMILES string of the molecule is CC(C)(C)ON(C=O)C(CCC(N)=O)=NS(=O)(=O)C(F)(F)F. The van der Waals surface area contributed by atoms with E-state index in [-0.39, 0.29) is 11.5 Å². The summed E-state index contributed by atoms with van der Waals surface area (Å²) in [6.45, 7) is 4.40. The lowest BCUT2D eigenvalue weighted by molar-refractivity contribution is -0.184. The van der Waals surface area contributed by atoms with E-state index in [9.17, 15) is 31.2 Å². The van der Waals surface area contributed by atoms with Gasteiger partial charge in [0.15, 0.2) is 5.84 Å². The highest BCUT2D eigenvalue weighted by atomic mass is 32.2. The molecule has 2 N–H and O–H groups in total. The Labute approximate surface area is 125 Å². The van der Waals surface area contributed by atoms with Gasteiger partial charge in [0, 0.05) is 12.8 Å². The van der Waals surface area contributed by atoms with Gasteiger partial charge < -0.3 is 5.73 Å². The lowest BCUT2D eigenvalue weighted by atomic mass is 10.2. The number of carbonyl (C=O) groups is 2. The average molecular weight is 347 g/mol. The Kier molecular flexibility index (Phi) is 6.51. The Morgan fingerprint density at radius 1 is 1.27 bits per heavy atom. The van der Waals surface area contributed by atoms with E-state index in [2.05, 4.69) is 4.40 Å². The van der Waals surface area contributed by atoms with E-state index in [4.69, 9.17) is 10.6 Å². The summed E-state index contributed by atoms with van der Waals surface area (Å²) < 4.78 is 61.8. The van der Waals surface area contributed by atoms with Crippen molar-refractivity contribution in [2.24, 2.45) is 10.1 Å². The number of primary amides is 1. The molecule has 0 aromatic heterocycles. The molecule has 0 aromatic rings. The summed E-state index contributed by atoms with van der Waals surface area (Å²) >= 11 is 0. The van der Waals surface area contributed by atoms with Crippen molar-refractivity contribution in [3.8, 4) is 0 Å². The maximum Gasteiger partial charge on any atom is 0.518 e. The van der Waals surface area contributed by atoms with Gasteiger partial charge in [0.05, 0.1) is 5.60 Å². The number of carbonyl (C=O) groups excluding carboxylic acids is 2. The molecule has 0 aromatic carbocycles. The van der Waals surface area contributed by atoms with Crippen molar-refractivity contribution < 1.29 is 36.0 Å². The second-order valence-electron chi connectivity index (χ2n) is 5.03. The second kappa shape index (κ2) is 7.05. The predicted octanol–water partition coefficient (Wildman–Crippen LogP) is 0.689. The maximum atomic E-state index is 12.4. The van der Waals surface area contributed by atoms with Crippen LogP contribution in [0.15, 0.2) is 4.40 Å². The van der Waals surface area contributed by atoms with Gasteiger partial charge in [-0.1, -0.05) is 0 Å². The molecule has 0 aliphatic carbocycles. The molecule has 0 unspecified atom stereocenters. The molecule has 0 saturated carbocycles. The van der Waals surface area contributed by atoms with Crippen LogP contribution >= 0.6 is 0 Å². The minimum atomic E-state index is -5.90. The lowest BCUT2D eigenvalue weighted by Gasteiger charge is -2.27. The number of sulfonamides is 1. The zero-order chi connectivity index (χ0) is 17.8. The highest BCUT2D eigenvalue weighted by molar-refractivity contribution is 7.91. The van der Waals surface area contributed by atoms with E-state index in [1.807, 2.05) is 0 Å². The summed E-state index contributed by atoms with van der Waals surface area (Å²) in [7, 11) is -5.90. The molecule has 8 nitrogen and oxygen atoms in total. The Balaban J connectivity index is 5.72. The van der Waals surface area contributed by atoms with Gasteiger partial charge in [-0.2, -0.15) is 26.7 Å². The minimum Gasteiger partial charge on any atom is -0.370 e. The zero-order valence-electron chi connectivity index (χ0n) is 12.0. The first kappa shape index (κ1) is 20.3. The Morgan fingerprint density at radius 2 is 1.77 bits per heavy atom. The molecule has 0 heterocycles. The van der Waals surface area contributed by atoms with Gasteiger partial charge in [0.25, 0.3) is 0 Å². The molecule has 0 bridgehead atoms. The molecule has 0 spiro atoms. The van der Waals surface area contributed by atoms with Crippen molar-refractivity contribution in [1.82, 2.24) is 5.06 Å². The van der Waals surface area contributed by atoms with Crippen LogP contribution < -0.4 is 5.73 Å². The molecule has 12 heteroatoms. The number of hydrogen-bond acceptors (Lipinski definition) is 5. The number of halogens is 3. The number of amidine groups is 1. The van der Waals surface area contributed by atoms with Gasteiger partial charge >= 0.3 is 15.5 Å². The van der Waals surface area contributed by atoms with Crippen LogP contribution in [0.2, 0.25) is 0 Å². The van der Waals surface area contributed by atoms with Gasteiger partial charge in [-0.15, -0.1) is 4.40 Å². The Hall–Kier alpha value is -1.69. The molecule has 0 rings (SSSR count). The summed E-state index contributed by atoms with van der Waals surface area (Å²) in [5.41, 5.74) is -1.84. The third kappa shape index (κ3) is 6.85. The molecule has 2 amide bonds. The first-order valence-electron chi connectivity index (χ1n) is 5.81. The first-order valence-corrected chi connectivity index (χ1v) is 7.25. The fourth-order valence-electron chi connectivity index (χ4n) is 1.05. The summed E-state index contributed by atoms with van der Waals surface area (Å²) in [6, 6.07) is 0. The summed E-state index contributed by atoms with van der Waals surface area (Å²) in [5.74, 6) is -1.82. The van der Waals surface area contributed by atoms with Gasteiger partial charge in [-0.3, -0.25) is 14.4 Å². The van der Waals surface area contributed by atoms with Crippen molar-refractivity contribution in [2.75, 3.05) is 0 Å². The largest absolute Gasteiger partial charge is 0.518 e. The smallest absolute Gasteiger partial charge is 0.370 e. The standard InChI is InChI=1S/C10H16F3N3O5S/c1-9(2,3)21-16(6-17)8(5-4-7(14)18)15-22(19,20)10(11,12)13/h6H,4-5H2,1-3H3,(H2,14,18). The van der Waals surface area contributed by atoms with E-state index >= 15 is 0 Å². The highest BCUT2D eigenvalue weighted by Crippen LogP contribution is 2.25. The number of alkyl halides is 3. The molecule has 0 radical (unpaired) electrons. The second-order valence-corrected chi connectivity index (χ2v) is 6.63. The fourth-order valence-corrected chi connectivity index (χ4v) is 1.60. The van der Waals surface area contributed by atoms with Crippen molar-refractivity contribution in [3.63, 3.8) is 0 Å². The topological polar surface area (TPSA) is 119 Å². The number of amides is 2. The zero-order valence-corrected chi connectivity index (χ0v) is 12.9. The molecule has 22 heavy (non-hydrogen) atoms. The molecule has 0 aliphatic heterocycles. The van der Waals surface area contributed by atoms with Crippen molar-refractivity contribution in [3.05, 3.63) is 0 Å². The van der Waals surface area contributed by atoms with E-state index in [1.54, 1.807) is 0 Å². The van der Waals surface area contributed by atoms with Gasteiger partial charge in [0.2, 0.25) is 12.3 Å². The highest BCUT2D eigenvalue weighted by Gasteiger charge is 2.46. The lowest BCUT2D eigenvalue weighted by Crippen LogP contribution is -2.39. The van der Waals surface area contributed by atoms with Gasteiger partial charge in [0.1, 0.15) is 0 Å². The molecule has 0 fully saturated rings. The Bertz CT molecular complexity index is 551. The first-order chi connectivity index (χ1) is 9.69. The van der Waals surface area contributed by atoms with E-state index in [0.29, 0.717) is 0 Å². The van der Waals surface area contributed by atoms with Crippen LogP contribution in [0.1, 0.15) is 33.6 Å². The number of nitrogens with two attached hydrogens (primary N) is 1. The average Bonchev–Trinajstić information content (AvgIpc) is 2.28. The molecule has 0 aliphatic rings. The minimum absolute atomic E-state index is 0.0586. The van der Waals surface area contributed by atoms with Crippen LogP contribution in [0.4, 0.5) is 13.2 Å². The van der Waals surface area contributed by atoms with Gasteiger partial charge in [-0.05, 0) is 20.8 Å². The maximum absolute atomic E-state index is 12.4. The number of rotatable bonds is 6. The monoisotopic (exact) mass is 347 g/mol. The van der Waals surface area contributed by atoms with Crippen LogP contribution in [0, 0.1) is 0 Å². The van der Waals surface area contributed by atoms with Crippen LogP contribution in [-0.4, -0.2) is 42.7 Å². The normalized spacial score (nSPS) is 13.8. The van der Waals surface area contributed by atoms with Gasteiger partial charge in [-0.25, -0.2) is 0 Å². The molecule has 0 atom stereocenters. The van der Waals surface area contributed by atoms with Crippen molar-refractivity contribution in [1.29, 1.82) is 0 Å². The third-order valence-corrected chi connectivity index (χ3v) is 2.87.